The summed E-state index contributed by atoms with van der Waals surface area (Å²) in [5.41, 5.74) is 3.98. The number of phenols is 1. The molecule has 1 fully saturated rings. The van der Waals surface area contributed by atoms with Crippen LogP contribution in [0.3, 0.4) is 0 Å². The zero-order valence-corrected chi connectivity index (χ0v) is 20.9. The maximum Gasteiger partial charge on any atom is 0.253 e. The normalized spacial score (nSPS) is 19.1. The van der Waals surface area contributed by atoms with Crippen LogP contribution in [0.2, 0.25) is 0 Å². The minimum atomic E-state index is -1.35. The number of halogens is 1. The first-order chi connectivity index (χ1) is 17.1. The molecule has 0 radical (unpaired) electrons. The fraction of sp³-hybridized carbons (Fsp3) is 0.481. The van der Waals surface area contributed by atoms with Crippen molar-refractivity contribution in [1.82, 2.24) is 20.2 Å². The molecule has 0 bridgehead atoms. The molecule has 0 aliphatic carbocycles. The van der Waals surface area contributed by atoms with E-state index in [1.165, 1.54) is 0 Å². The van der Waals surface area contributed by atoms with E-state index >= 15 is 0 Å². The zero-order chi connectivity index (χ0) is 25.9. The maximum atomic E-state index is 14.6. The molecule has 2 aliphatic rings. The van der Waals surface area contributed by atoms with Crippen molar-refractivity contribution in [1.29, 1.82) is 0 Å². The van der Waals surface area contributed by atoms with Crippen LogP contribution in [0.5, 0.6) is 5.75 Å². The number of fused-ring (bicyclic) bond motifs is 1. The number of piperazine rings is 1. The minimum absolute atomic E-state index is 0.0370. The van der Waals surface area contributed by atoms with Crippen molar-refractivity contribution in [3.8, 4) is 5.75 Å². The zero-order valence-electron chi connectivity index (χ0n) is 20.9. The molecule has 2 aromatic rings. The molecule has 4 rings (SSSR count). The van der Waals surface area contributed by atoms with Gasteiger partial charge in [-0.15, -0.1) is 0 Å². The van der Waals surface area contributed by atoms with Crippen LogP contribution in [0.15, 0.2) is 42.5 Å². The summed E-state index contributed by atoms with van der Waals surface area (Å²) in [5, 5.41) is 18.6. The van der Waals surface area contributed by atoms with Gasteiger partial charge in [-0.2, -0.15) is 0 Å². The molecule has 3 N–H and O–H groups in total. The van der Waals surface area contributed by atoms with Gasteiger partial charge in [-0.05, 0) is 61.2 Å². The highest BCUT2D eigenvalue weighted by molar-refractivity contribution is 5.94. The molecule has 0 spiro atoms. The number of alkyl halides is 1. The van der Waals surface area contributed by atoms with E-state index in [1.54, 1.807) is 31.5 Å². The highest BCUT2D eigenvalue weighted by Gasteiger charge is 2.33. The smallest absolute Gasteiger partial charge is 0.253 e. The number of carbonyl (C=O) groups excluding carboxylic acids is 2. The van der Waals surface area contributed by atoms with E-state index in [0.717, 1.165) is 23.1 Å². The SMILES string of the molecule is CC(C)(F)CN1CCc2cc(O)ccc2C1c1ccc(C(=O)N2CCN(CCC(=O)NO)CC2)cc1. The number of phenolic OH excluding ortho intramolecular Hbond substituents is 1. The molecule has 1 saturated heterocycles. The van der Waals surface area contributed by atoms with Crippen LogP contribution in [-0.4, -0.2) is 88.3 Å². The van der Waals surface area contributed by atoms with Crippen molar-refractivity contribution < 1.29 is 24.3 Å². The Bertz CT molecular complexity index is 1080. The summed E-state index contributed by atoms with van der Waals surface area (Å²) < 4.78 is 14.6. The molecule has 0 aromatic heterocycles. The average Bonchev–Trinajstić information content (AvgIpc) is 2.86. The summed E-state index contributed by atoms with van der Waals surface area (Å²) in [6.45, 7) is 7.14. The Balaban J connectivity index is 1.47. The van der Waals surface area contributed by atoms with Crippen molar-refractivity contribution in [3.05, 3.63) is 64.7 Å². The van der Waals surface area contributed by atoms with Crippen molar-refractivity contribution in [2.24, 2.45) is 0 Å². The quantitative estimate of drug-likeness (QED) is 0.401. The van der Waals surface area contributed by atoms with Crippen molar-refractivity contribution >= 4 is 11.8 Å². The van der Waals surface area contributed by atoms with Crippen molar-refractivity contribution in [3.63, 3.8) is 0 Å². The van der Waals surface area contributed by atoms with Crippen molar-refractivity contribution in [2.75, 3.05) is 45.8 Å². The van der Waals surface area contributed by atoms with Gasteiger partial charge in [0.15, 0.2) is 0 Å². The first-order valence-corrected chi connectivity index (χ1v) is 12.4. The van der Waals surface area contributed by atoms with E-state index in [-0.39, 0.29) is 30.7 Å². The largest absolute Gasteiger partial charge is 0.508 e. The van der Waals surface area contributed by atoms with E-state index in [0.29, 0.717) is 44.8 Å². The molecule has 0 saturated carbocycles. The van der Waals surface area contributed by atoms with Crippen LogP contribution in [0.25, 0.3) is 0 Å². The summed E-state index contributed by atoms with van der Waals surface area (Å²) in [4.78, 5) is 30.4. The highest BCUT2D eigenvalue weighted by atomic mass is 19.1. The maximum absolute atomic E-state index is 14.6. The summed E-state index contributed by atoms with van der Waals surface area (Å²) in [7, 11) is 0. The third kappa shape index (κ3) is 6.21. The Labute approximate surface area is 211 Å². The number of hydrogen-bond acceptors (Lipinski definition) is 6. The Morgan fingerprint density at radius 1 is 1.06 bits per heavy atom. The third-order valence-electron chi connectivity index (χ3n) is 6.95. The lowest BCUT2D eigenvalue weighted by molar-refractivity contribution is -0.129. The monoisotopic (exact) mass is 498 g/mol. The first kappa shape index (κ1) is 26.1. The standard InChI is InChI=1S/C27H35FN4O4/c1-27(2,28)18-32-12-9-21-17-22(33)7-8-23(21)25(32)19-3-5-20(6-4-19)26(35)31-15-13-30(14-16-31)11-10-24(34)29-36/h3-8,17,25,33,36H,9-16,18H2,1-2H3,(H,29,34). The molecule has 2 aliphatic heterocycles. The predicted molar refractivity (Wildman–Crippen MR) is 134 cm³/mol. The van der Waals surface area contributed by atoms with Crippen LogP contribution < -0.4 is 5.48 Å². The van der Waals surface area contributed by atoms with Gasteiger partial charge in [-0.1, -0.05) is 18.2 Å². The second-order valence-electron chi connectivity index (χ2n) is 10.3. The van der Waals surface area contributed by atoms with Gasteiger partial charge in [0.05, 0.1) is 6.04 Å². The summed E-state index contributed by atoms with van der Waals surface area (Å²) >= 11 is 0. The number of nitrogens with one attached hydrogen (secondary N) is 1. The molecule has 36 heavy (non-hydrogen) atoms. The number of nitrogens with zero attached hydrogens (tertiary/aromatic N) is 3. The van der Waals surface area contributed by atoms with E-state index in [1.807, 2.05) is 35.2 Å². The molecule has 1 atom stereocenters. The molecule has 9 heteroatoms. The summed E-state index contributed by atoms with van der Waals surface area (Å²) in [6.07, 6.45) is 0.954. The van der Waals surface area contributed by atoms with Crippen LogP contribution in [0.1, 0.15) is 53.4 Å². The van der Waals surface area contributed by atoms with Gasteiger partial charge in [0.2, 0.25) is 5.91 Å². The topological polar surface area (TPSA) is 96.4 Å². The highest BCUT2D eigenvalue weighted by Crippen LogP contribution is 2.37. The Morgan fingerprint density at radius 3 is 2.39 bits per heavy atom. The van der Waals surface area contributed by atoms with Crippen LogP contribution in [0, 0.1) is 0 Å². The Kier molecular flexibility index (Phi) is 7.92. The van der Waals surface area contributed by atoms with Gasteiger partial charge in [-0.25, -0.2) is 9.87 Å². The number of carbonyl (C=O) groups is 2. The lowest BCUT2D eigenvalue weighted by Gasteiger charge is -2.40. The number of rotatable bonds is 7. The molecule has 194 valence electrons. The fourth-order valence-corrected chi connectivity index (χ4v) is 5.19. The van der Waals surface area contributed by atoms with Gasteiger partial charge in [0.1, 0.15) is 11.4 Å². The van der Waals surface area contributed by atoms with Gasteiger partial charge >= 0.3 is 0 Å². The Morgan fingerprint density at radius 2 is 1.75 bits per heavy atom. The number of benzene rings is 2. The molecular weight excluding hydrogens is 463 g/mol. The number of aromatic hydroxyl groups is 1. The molecule has 2 aromatic carbocycles. The van der Waals surface area contributed by atoms with Gasteiger partial charge < -0.3 is 10.0 Å². The Hall–Kier alpha value is -3.01. The molecule has 2 heterocycles. The van der Waals surface area contributed by atoms with Crippen LogP contribution >= 0.6 is 0 Å². The third-order valence-corrected chi connectivity index (χ3v) is 6.95. The van der Waals surface area contributed by atoms with Gasteiger partial charge in [0, 0.05) is 57.8 Å². The molecule has 1 unspecified atom stereocenters. The molecular formula is C27H35FN4O4. The molecule has 2 amide bonds. The minimum Gasteiger partial charge on any atom is -0.508 e. The van der Waals surface area contributed by atoms with E-state index in [4.69, 9.17) is 5.21 Å². The van der Waals surface area contributed by atoms with E-state index in [9.17, 15) is 19.1 Å². The lowest BCUT2D eigenvalue weighted by atomic mass is 9.87. The van der Waals surface area contributed by atoms with Crippen LogP contribution in [0.4, 0.5) is 4.39 Å². The van der Waals surface area contributed by atoms with Crippen LogP contribution in [-0.2, 0) is 11.2 Å². The second kappa shape index (κ2) is 10.9. The predicted octanol–water partition coefficient (Wildman–Crippen LogP) is 2.74. The van der Waals surface area contributed by atoms with E-state index < -0.39 is 11.6 Å². The second-order valence-corrected chi connectivity index (χ2v) is 10.3. The number of hydrogen-bond donors (Lipinski definition) is 3. The number of amides is 2. The van der Waals surface area contributed by atoms with Gasteiger partial charge in [-0.3, -0.25) is 24.6 Å². The van der Waals surface area contributed by atoms with E-state index in [2.05, 4.69) is 9.80 Å². The lowest BCUT2D eigenvalue weighted by Crippen LogP contribution is -2.49. The summed E-state index contributed by atoms with van der Waals surface area (Å²) in [6, 6.07) is 12.8. The van der Waals surface area contributed by atoms with Crippen molar-refractivity contribution in [2.45, 2.75) is 38.4 Å². The fourth-order valence-electron chi connectivity index (χ4n) is 5.19. The molecule has 8 nitrogen and oxygen atoms in total. The summed E-state index contributed by atoms with van der Waals surface area (Å²) in [5.74, 6) is -0.228. The first-order valence-electron chi connectivity index (χ1n) is 12.4. The number of hydroxylamine groups is 1. The van der Waals surface area contributed by atoms with Gasteiger partial charge in [0.25, 0.3) is 5.91 Å². The average molecular weight is 499 g/mol.